The Morgan fingerprint density at radius 1 is 1.12 bits per heavy atom. The summed E-state index contributed by atoms with van der Waals surface area (Å²) in [6.45, 7) is 6.03. The van der Waals surface area contributed by atoms with Crippen LogP contribution in [-0.2, 0) is 11.2 Å². The van der Waals surface area contributed by atoms with Crippen molar-refractivity contribution in [2.24, 2.45) is 0 Å². The first kappa shape index (κ1) is 18.1. The average Bonchev–Trinajstić information content (AvgIpc) is 2.86. The number of aryl methyl sites for hydroxylation is 3. The lowest BCUT2D eigenvalue weighted by atomic mass is 10.0. The average molecular weight is 354 g/mol. The molecule has 0 spiro atoms. The minimum atomic E-state index is 0.299. The number of amides is 1. The van der Waals surface area contributed by atoms with Crippen LogP contribution in [0.5, 0.6) is 0 Å². The quantitative estimate of drug-likeness (QED) is 0.776. The molecule has 0 aliphatic carbocycles. The maximum atomic E-state index is 12.6. The molecule has 1 aliphatic rings. The highest BCUT2D eigenvalue weighted by molar-refractivity contribution is 7.99. The van der Waals surface area contributed by atoms with E-state index in [0.29, 0.717) is 17.6 Å². The molecule has 1 heterocycles. The molecule has 2 aromatic carbocycles. The second kappa shape index (κ2) is 8.57. The molecule has 1 aliphatic heterocycles. The minimum Gasteiger partial charge on any atom is -0.342 e. The molecule has 2 nitrogen and oxygen atoms in total. The third kappa shape index (κ3) is 4.88. The van der Waals surface area contributed by atoms with Crippen molar-refractivity contribution in [1.29, 1.82) is 0 Å². The summed E-state index contributed by atoms with van der Waals surface area (Å²) in [6, 6.07) is 17.1. The summed E-state index contributed by atoms with van der Waals surface area (Å²) in [5, 5.41) is 0.510. The Kier molecular flexibility index (Phi) is 6.19. The summed E-state index contributed by atoms with van der Waals surface area (Å²) in [6.07, 6.45) is 2.50. The monoisotopic (exact) mass is 353 g/mol. The zero-order valence-electron chi connectivity index (χ0n) is 15.2. The molecular weight excluding hydrogens is 326 g/mol. The Balaban J connectivity index is 1.55. The number of benzene rings is 2. The van der Waals surface area contributed by atoms with Gasteiger partial charge >= 0.3 is 0 Å². The molecule has 1 fully saturated rings. The van der Waals surface area contributed by atoms with Crippen LogP contribution in [0, 0.1) is 13.8 Å². The van der Waals surface area contributed by atoms with E-state index >= 15 is 0 Å². The van der Waals surface area contributed by atoms with Crippen LogP contribution >= 0.6 is 11.8 Å². The van der Waals surface area contributed by atoms with E-state index in [1.54, 1.807) is 0 Å². The highest BCUT2D eigenvalue weighted by Crippen LogP contribution is 2.36. The minimum absolute atomic E-state index is 0.299. The maximum absolute atomic E-state index is 12.6. The van der Waals surface area contributed by atoms with Gasteiger partial charge in [0, 0.05) is 30.5 Å². The van der Waals surface area contributed by atoms with Crippen molar-refractivity contribution in [1.82, 2.24) is 4.90 Å². The van der Waals surface area contributed by atoms with Crippen LogP contribution in [-0.4, -0.2) is 29.6 Å². The first-order valence-corrected chi connectivity index (χ1v) is 10.2. The predicted octanol–water partition coefficient (Wildman–Crippen LogP) is 4.94. The molecule has 1 saturated heterocycles. The smallest absolute Gasteiger partial charge is 0.222 e. The number of rotatable bonds is 4. The SMILES string of the molecule is Cc1cccc(CCC(=O)N2CCSC(c3ccccc3C)CC2)c1. The van der Waals surface area contributed by atoms with Gasteiger partial charge in [0.25, 0.3) is 0 Å². The highest BCUT2D eigenvalue weighted by Gasteiger charge is 2.22. The predicted molar refractivity (Wildman–Crippen MR) is 107 cm³/mol. The van der Waals surface area contributed by atoms with Gasteiger partial charge in [0.05, 0.1) is 0 Å². The Morgan fingerprint density at radius 2 is 1.96 bits per heavy atom. The van der Waals surface area contributed by atoms with Gasteiger partial charge in [-0.15, -0.1) is 0 Å². The van der Waals surface area contributed by atoms with Crippen LogP contribution in [0.1, 0.15) is 40.3 Å². The van der Waals surface area contributed by atoms with E-state index in [0.717, 1.165) is 31.7 Å². The van der Waals surface area contributed by atoms with Gasteiger partial charge in [0.2, 0.25) is 5.91 Å². The van der Waals surface area contributed by atoms with Gasteiger partial charge in [-0.25, -0.2) is 0 Å². The van der Waals surface area contributed by atoms with Crippen molar-refractivity contribution in [3.05, 3.63) is 70.8 Å². The second-order valence-corrected chi connectivity index (χ2v) is 8.19. The molecule has 0 saturated carbocycles. The summed E-state index contributed by atoms with van der Waals surface area (Å²) >= 11 is 1.99. The van der Waals surface area contributed by atoms with E-state index in [9.17, 15) is 4.79 Å². The Hall–Kier alpha value is -1.74. The first-order valence-electron chi connectivity index (χ1n) is 9.14. The molecule has 3 heteroatoms. The van der Waals surface area contributed by atoms with Crippen LogP contribution < -0.4 is 0 Å². The zero-order valence-corrected chi connectivity index (χ0v) is 16.0. The standard InChI is InChI=1S/C22H27NOS/c1-17-6-5-8-19(16-17)10-11-22(24)23-13-12-21(25-15-14-23)20-9-4-3-7-18(20)2/h3-9,16,21H,10-15H2,1-2H3. The van der Waals surface area contributed by atoms with Crippen molar-refractivity contribution in [3.8, 4) is 0 Å². The maximum Gasteiger partial charge on any atom is 0.222 e. The first-order chi connectivity index (χ1) is 12.1. The normalized spacial score (nSPS) is 18.0. The molecule has 1 unspecified atom stereocenters. The van der Waals surface area contributed by atoms with Crippen LogP contribution in [0.2, 0.25) is 0 Å². The van der Waals surface area contributed by atoms with Crippen LogP contribution in [0.25, 0.3) is 0 Å². The topological polar surface area (TPSA) is 20.3 Å². The molecule has 2 aromatic rings. The molecule has 1 amide bonds. The van der Waals surface area contributed by atoms with E-state index in [-0.39, 0.29) is 0 Å². The Labute approximate surface area is 155 Å². The van der Waals surface area contributed by atoms with E-state index in [1.165, 1.54) is 22.3 Å². The summed E-state index contributed by atoms with van der Waals surface area (Å²) in [4.78, 5) is 14.7. The van der Waals surface area contributed by atoms with Gasteiger partial charge < -0.3 is 4.90 Å². The molecule has 0 radical (unpaired) electrons. The van der Waals surface area contributed by atoms with Gasteiger partial charge in [0.1, 0.15) is 0 Å². The van der Waals surface area contributed by atoms with E-state index in [4.69, 9.17) is 0 Å². The van der Waals surface area contributed by atoms with Gasteiger partial charge in [-0.2, -0.15) is 11.8 Å². The fourth-order valence-corrected chi connectivity index (χ4v) is 4.82. The third-order valence-corrected chi connectivity index (χ3v) is 6.25. The second-order valence-electron chi connectivity index (χ2n) is 6.87. The molecule has 0 aromatic heterocycles. The Bertz CT molecular complexity index is 727. The molecule has 1 atom stereocenters. The van der Waals surface area contributed by atoms with E-state index < -0.39 is 0 Å². The number of hydrogen-bond donors (Lipinski definition) is 0. The number of hydrogen-bond acceptors (Lipinski definition) is 2. The molecule has 25 heavy (non-hydrogen) atoms. The summed E-state index contributed by atoms with van der Waals surface area (Å²) in [5.41, 5.74) is 5.31. The van der Waals surface area contributed by atoms with Gasteiger partial charge in [-0.1, -0.05) is 54.1 Å². The zero-order chi connectivity index (χ0) is 17.6. The number of nitrogens with zero attached hydrogens (tertiary/aromatic N) is 1. The third-order valence-electron chi connectivity index (χ3n) is 4.94. The van der Waals surface area contributed by atoms with Crippen LogP contribution in [0.4, 0.5) is 0 Å². The van der Waals surface area contributed by atoms with E-state index in [1.807, 2.05) is 11.8 Å². The Morgan fingerprint density at radius 3 is 2.76 bits per heavy atom. The van der Waals surface area contributed by atoms with Gasteiger partial charge in [0.15, 0.2) is 0 Å². The van der Waals surface area contributed by atoms with Crippen molar-refractivity contribution in [3.63, 3.8) is 0 Å². The lowest BCUT2D eigenvalue weighted by Gasteiger charge is -2.21. The lowest BCUT2D eigenvalue weighted by Crippen LogP contribution is -2.33. The fourth-order valence-electron chi connectivity index (χ4n) is 3.49. The summed E-state index contributed by atoms with van der Waals surface area (Å²) in [5.74, 6) is 1.32. The molecular formula is C22H27NOS. The van der Waals surface area contributed by atoms with Gasteiger partial charge in [-0.3, -0.25) is 4.79 Å². The summed E-state index contributed by atoms with van der Waals surface area (Å²) < 4.78 is 0. The molecule has 132 valence electrons. The largest absolute Gasteiger partial charge is 0.342 e. The molecule has 0 bridgehead atoms. The number of thioether (sulfide) groups is 1. The van der Waals surface area contributed by atoms with Crippen molar-refractivity contribution >= 4 is 17.7 Å². The van der Waals surface area contributed by atoms with Crippen LogP contribution in [0.15, 0.2) is 48.5 Å². The lowest BCUT2D eigenvalue weighted by molar-refractivity contribution is -0.130. The van der Waals surface area contributed by atoms with Crippen molar-refractivity contribution < 1.29 is 4.79 Å². The summed E-state index contributed by atoms with van der Waals surface area (Å²) in [7, 11) is 0. The highest BCUT2D eigenvalue weighted by atomic mass is 32.2. The molecule has 0 N–H and O–H groups in total. The number of carbonyl (C=O) groups is 1. The number of carbonyl (C=O) groups excluding carboxylic acids is 1. The van der Waals surface area contributed by atoms with Gasteiger partial charge in [-0.05, 0) is 43.4 Å². The molecule has 3 rings (SSSR count). The van der Waals surface area contributed by atoms with E-state index in [2.05, 4.69) is 67.3 Å². The van der Waals surface area contributed by atoms with Crippen LogP contribution in [0.3, 0.4) is 0 Å². The van der Waals surface area contributed by atoms with Crippen molar-refractivity contribution in [2.75, 3.05) is 18.8 Å². The van der Waals surface area contributed by atoms with Crippen molar-refractivity contribution in [2.45, 2.75) is 38.4 Å². The fraction of sp³-hybridized carbons (Fsp3) is 0.409.